The molecule has 34 heavy (non-hydrogen) atoms. The van der Waals surface area contributed by atoms with Crippen molar-refractivity contribution in [3.8, 4) is 11.5 Å². The number of nitro groups is 1. The van der Waals surface area contributed by atoms with E-state index in [0.29, 0.717) is 17.2 Å². The normalized spacial score (nSPS) is 11.0. The van der Waals surface area contributed by atoms with Crippen LogP contribution in [0.5, 0.6) is 11.5 Å². The summed E-state index contributed by atoms with van der Waals surface area (Å²) in [4.78, 5) is 23.1. The van der Waals surface area contributed by atoms with E-state index in [9.17, 15) is 14.9 Å². The molecule has 1 amide bonds. The van der Waals surface area contributed by atoms with Gasteiger partial charge in [-0.15, -0.1) is 0 Å². The smallest absolute Gasteiger partial charge is 0.282 e. The first-order valence-electron chi connectivity index (χ1n) is 10.8. The third-order valence-electron chi connectivity index (χ3n) is 5.76. The van der Waals surface area contributed by atoms with E-state index in [1.165, 1.54) is 29.3 Å². The number of hydrogen-bond donors (Lipinski definition) is 1. The standard InChI is InChI=1S/C28H24N2O4/c1-28(2,20-8-4-3-5-9-20)21-12-16-23(17-13-21)34-24-18-14-22(15-19-24)29-27(31)25-10-6-7-11-26(25)30(32)33/h3-19H,1-2H3,(H,29,31). The molecule has 0 spiro atoms. The predicted molar refractivity (Wildman–Crippen MR) is 133 cm³/mol. The van der Waals surface area contributed by atoms with Crippen LogP contribution < -0.4 is 10.1 Å². The molecule has 0 saturated heterocycles. The van der Waals surface area contributed by atoms with Gasteiger partial charge in [0.15, 0.2) is 0 Å². The van der Waals surface area contributed by atoms with Crippen molar-refractivity contribution >= 4 is 17.3 Å². The van der Waals surface area contributed by atoms with Crippen LogP contribution in [0, 0.1) is 10.1 Å². The zero-order chi connectivity index (χ0) is 24.1. The van der Waals surface area contributed by atoms with Crippen LogP contribution in [0.3, 0.4) is 0 Å². The monoisotopic (exact) mass is 452 g/mol. The molecule has 0 radical (unpaired) electrons. The molecule has 0 fully saturated rings. The maximum atomic E-state index is 12.5. The molecule has 0 bridgehead atoms. The number of hydrogen-bond acceptors (Lipinski definition) is 4. The maximum absolute atomic E-state index is 12.5. The Bertz CT molecular complexity index is 1300. The van der Waals surface area contributed by atoms with Crippen LogP contribution in [0.4, 0.5) is 11.4 Å². The molecule has 6 heteroatoms. The van der Waals surface area contributed by atoms with Gasteiger partial charge >= 0.3 is 0 Å². The van der Waals surface area contributed by atoms with Crippen molar-refractivity contribution in [2.24, 2.45) is 0 Å². The zero-order valence-corrected chi connectivity index (χ0v) is 18.9. The molecule has 170 valence electrons. The molecule has 0 aliphatic carbocycles. The van der Waals surface area contributed by atoms with Gasteiger partial charge in [0.05, 0.1) is 4.92 Å². The molecule has 4 aromatic rings. The quantitative estimate of drug-likeness (QED) is 0.243. The van der Waals surface area contributed by atoms with Gasteiger partial charge in [-0.2, -0.15) is 0 Å². The van der Waals surface area contributed by atoms with Gasteiger partial charge in [-0.1, -0.05) is 68.4 Å². The van der Waals surface area contributed by atoms with Crippen LogP contribution in [-0.2, 0) is 5.41 Å². The van der Waals surface area contributed by atoms with E-state index in [2.05, 4.69) is 43.4 Å². The van der Waals surface area contributed by atoms with Gasteiger partial charge < -0.3 is 10.1 Å². The van der Waals surface area contributed by atoms with Crippen molar-refractivity contribution in [3.63, 3.8) is 0 Å². The summed E-state index contributed by atoms with van der Waals surface area (Å²) in [7, 11) is 0. The van der Waals surface area contributed by atoms with E-state index in [-0.39, 0.29) is 16.7 Å². The molecule has 0 aliphatic heterocycles. The maximum Gasteiger partial charge on any atom is 0.282 e. The first kappa shape index (κ1) is 22.7. The average Bonchev–Trinajstić information content (AvgIpc) is 2.86. The third kappa shape index (κ3) is 4.96. The van der Waals surface area contributed by atoms with E-state index in [0.717, 1.165) is 0 Å². The fourth-order valence-corrected chi connectivity index (χ4v) is 3.73. The van der Waals surface area contributed by atoms with Crippen molar-refractivity contribution in [1.82, 2.24) is 0 Å². The minimum atomic E-state index is -0.571. The van der Waals surface area contributed by atoms with Crippen LogP contribution >= 0.6 is 0 Å². The van der Waals surface area contributed by atoms with E-state index < -0.39 is 10.8 Å². The number of para-hydroxylation sites is 1. The summed E-state index contributed by atoms with van der Waals surface area (Å²) in [5, 5.41) is 13.8. The van der Waals surface area contributed by atoms with Gasteiger partial charge in [0, 0.05) is 17.2 Å². The fraction of sp³-hybridized carbons (Fsp3) is 0.107. The van der Waals surface area contributed by atoms with E-state index in [1.54, 1.807) is 30.3 Å². The number of carbonyl (C=O) groups excluding carboxylic acids is 1. The summed E-state index contributed by atoms with van der Waals surface area (Å²) in [5.41, 5.74) is 2.56. The summed E-state index contributed by atoms with van der Waals surface area (Å²) in [6.45, 7) is 4.38. The number of nitrogens with zero attached hydrogens (tertiary/aromatic N) is 1. The molecular weight excluding hydrogens is 428 g/mol. The minimum Gasteiger partial charge on any atom is -0.457 e. The van der Waals surface area contributed by atoms with Crippen molar-refractivity contribution in [3.05, 3.63) is 130 Å². The average molecular weight is 453 g/mol. The second-order valence-corrected chi connectivity index (χ2v) is 8.37. The van der Waals surface area contributed by atoms with E-state index in [1.807, 2.05) is 30.3 Å². The van der Waals surface area contributed by atoms with Crippen LogP contribution in [-0.4, -0.2) is 10.8 Å². The lowest BCUT2D eigenvalue weighted by molar-refractivity contribution is -0.385. The number of amides is 1. The van der Waals surface area contributed by atoms with E-state index >= 15 is 0 Å². The molecule has 4 rings (SSSR count). The summed E-state index contributed by atoms with van der Waals surface area (Å²) in [5.74, 6) is 0.764. The molecule has 0 aliphatic rings. The third-order valence-corrected chi connectivity index (χ3v) is 5.76. The Hall–Kier alpha value is -4.45. The van der Waals surface area contributed by atoms with E-state index in [4.69, 9.17) is 4.74 Å². The van der Waals surface area contributed by atoms with Gasteiger partial charge in [-0.3, -0.25) is 14.9 Å². The summed E-state index contributed by atoms with van der Waals surface area (Å²) in [6, 6.07) is 31.0. The van der Waals surface area contributed by atoms with Crippen molar-refractivity contribution < 1.29 is 14.5 Å². The number of ether oxygens (including phenoxy) is 1. The molecule has 0 atom stereocenters. The number of benzene rings is 4. The van der Waals surface area contributed by atoms with Crippen LogP contribution in [0.2, 0.25) is 0 Å². The topological polar surface area (TPSA) is 81.5 Å². The first-order valence-corrected chi connectivity index (χ1v) is 10.8. The van der Waals surface area contributed by atoms with Gasteiger partial charge in [-0.25, -0.2) is 0 Å². The lowest BCUT2D eigenvalue weighted by Crippen LogP contribution is -2.18. The minimum absolute atomic E-state index is 0.00587. The second kappa shape index (κ2) is 9.58. The molecule has 0 saturated carbocycles. The lowest BCUT2D eigenvalue weighted by Gasteiger charge is -2.26. The number of carbonyl (C=O) groups is 1. The van der Waals surface area contributed by atoms with Crippen molar-refractivity contribution in [2.75, 3.05) is 5.32 Å². The lowest BCUT2D eigenvalue weighted by atomic mass is 9.78. The number of rotatable bonds is 7. The highest BCUT2D eigenvalue weighted by Gasteiger charge is 2.23. The number of nitrogens with one attached hydrogen (secondary N) is 1. The highest BCUT2D eigenvalue weighted by atomic mass is 16.6. The molecule has 0 heterocycles. The highest BCUT2D eigenvalue weighted by molar-refractivity contribution is 6.07. The Balaban J connectivity index is 1.42. The Labute approximate surface area is 198 Å². The largest absolute Gasteiger partial charge is 0.457 e. The number of nitro benzene ring substituents is 1. The Morgan fingerprint density at radius 2 is 1.29 bits per heavy atom. The molecule has 6 nitrogen and oxygen atoms in total. The predicted octanol–water partition coefficient (Wildman–Crippen LogP) is 6.97. The van der Waals surface area contributed by atoms with Gasteiger partial charge in [0.2, 0.25) is 0 Å². The fourth-order valence-electron chi connectivity index (χ4n) is 3.73. The Kier molecular flexibility index (Phi) is 6.41. The molecular formula is C28H24N2O4. The number of anilines is 1. The van der Waals surface area contributed by atoms with Crippen LogP contribution in [0.25, 0.3) is 0 Å². The van der Waals surface area contributed by atoms with Gasteiger partial charge in [0.25, 0.3) is 11.6 Å². The molecule has 4 aromatic carbocycles. The van der Waals surface area contributed by atoms with Crippen molar-refractivity contribution in [1.29, 1.82) is 0 Å². The summed E-state index contributed by atoms with van der Waals surface area (Å²) >= 11 is 0. The van der Waals surface area contributed by atoms with Crippen molar-refractivity contribution in [2.45, 2.75) is 19.3 Å². The van der Waals surface area contributed by atoms with Crippen LogP contribution in [0.1, 0.15) is 35.3 Å². The SMILES string of the molecule is CC(C)(c1ccccc1)c1ccc(Oc2ccc(NC(=O)c3ccccc3[N+](=O)[O-])cc2)cc1. The first-order chi connectivity index (χ1) is 16.3. The zero-order valence-electron chi connectivity index (χ0n) is 18.9. The van der Waals surface area contributed by atoms with Crippen LogP contribution in [0.15, 0.2) is 103 Å². The summed E-state index contributed by atoms with van der Waals surface area (Å²) < 4.78 is 5.94. The molecule has 1 N–H and O–H groups in total. The molecule has 0 unspecified atom stereocenters. The highest BCUT2D eigenvalue weighted by Crippen LogP contribution is 2.33. The summed E-state index contributed by atoms with van der Waals surface area (Å²) in [6.07, 6.45) is 0. The van der Waals surface area contributed by atoms with Gasteiger partial charge in [-0.05, 0) is 53.6 Å². The second-order valence-electron chi connectivity index (χ2n) is 8.37. The Morgan fingerprint density at radius 1 is 0.765 bits per heavy atom. The Morgan fingerprint density at radius 3 is 1.91 bits per heavy atom. The van der Waals surface area contributed by atoms with Gasteiger partial charge in [0.1, 0.15) is 17.1 Å². The molecule has 0 aromatic heterocycles.